The van der Waals surface area contributed by atoms with Crippen molar-refractivity contribution < 1.29 is 0 Å². The summed E-state index contributed by atoms with van der Waals surface area (Å²) in [5.41, 5.74) is 10.8. The fraction of sp³-hybridized carbons (Fsp3) is 0. The Morgan fingerprint density at radius 1 is 0.298 bits per heavy atom. The molecule has 0 saturated carbocycles. The maximum absolute atomic E-state index is 5.35. The van der Waals surface area contributed by atoms with Gasteiger partial charge >= 0.3 is 0 Å². The van der Waals surface area contributed by atoms with Gasteiger partial charge in [-0.1, -0.05) is 127 Å². The van der Waals surface area contributed by atoms with Crippen LogP contribution in [0.25, 0.3) is 106 Å². The zero-order valence-corrected chi connectivity index (χ0v) is 30.7. The van der Waals surface area contributed by atoms with Crippen molar-refractivity contribution >= 4 is 65.4 Å². The van der Waals surface area contributed by atoms with E-state index in [4.69, 9.17) is 15.0 Å². The number of para-hydroxylation sites is 5. The van der Waals surface area contributed by atoms with Gasteiger partial charge in [-0.15, -0.1) is 0 Å². The summed E-state index contributed by atoms with van der Waals surface area (Å²) in [7, 11) is 0. The molecule has 4 aromatic heterocycles. The Bertz CT molecular complexity index is 3510. The first-order chi connectivity index (χ1) is 28.3. The van der Waals surface area contributed by atoms with E-state index >= 15 is 0 Å². The summed E-state index contributed by atoms with van der Waals surface area (Å²) in [6, 6.07) is 68.3. The molecule has 0 bridgehead atoms. The summed E-state index contributed by atoms with van der Waals surface area (Å²) in [6.07, 6.45) is 0. The van der Waals surface area contributed by atoms with Gasteiger partial charge in [0, 0.05) is 54.8 Å². The van der Waals surface area contributed by atoms with Crippen LogP contribution in [0.4, 0.5) is 0 Å². The summed E-state index contributed by atoms with van der Waals surface area (Å²) in [5, 5.41) is 7.03. The lowest BCUT2D eigenvalue weighted by atomic mass is 10.1. The Kier molecular flexibility index (Phi) is 6.83. The lowest BCUT2D eigenvalue weighted by Gasteiger charge is -2.12. The Morgan fingerprint density at radius 2 is 0.789 bits per heavy atom. The summed E-state index contributed by atoms with van der Waals surface area (Å²) in [4.78, 5) is 15.8. The molecule has 0 N–H and O–H groups in total. The fourth-order valence-electron chi connectivity index (χ4n) is 8.85. The molecular weight excluding hydrogens is 697 g/mol. The molecule has 0 atom stereocenters. The van der Waals surface area contributed by atoms with Gasteiger partial charge in [-0.3, -0.25) is 4.57 Å². The third kappa shape index (κ3) is 4.74. The van der Waals surface area contributed by atoms with Crippen LogP contribution in [-0.2, 0) is 0 Å². The first-order valence-corrected chi connectivity index (χ1v) is 19.2. The Labute approximate surface area is 327 Å². The lowest BCUT2D eigenvalue weighted by molar-refractivity contribution is 0.954. The second-order valence-electron chi connectivity index (χ2n) is 14.5. The predicted octanol–water partition coefficient (Wildman–Crippen LogP) is 12.5. The Morgan fingerprint density at radius 3 is 1.47 bits per heavy atom. The summed E-state index contributed by atoms with van der Waals surface area (Å²) >= 11 is 0. The highest BCUT2D eigenvalue weighted by molar-refractivity contribution is 6.26. The molecule has 12 aromatic rings. The second-order valence-corrected chi connectivity index (χ2v) is 14.5. The van der Waals surface area contributed by atoms with E-state index in [-0.39, 0.29) is 0 Å². The van der Waals surface area contributed by atoms with Crippen molar-refractivity contribution in [1.29, 1.82) is 0 Å². The standard InChI is InChI=1S/C51H32N6/c1-4-16-33(17-5-1)49-52-50(34-28-30-45-41(32-34)38-23-11-13-25-42(38)55(45)35-18-6-2-7-19-35)54-51(53-49)57-44-27-15-12-24-40(44)47-46(57)31-29-39-37-22-10-14-26-43(37)56(48(39)47)36-20-8-3-9-21-36/h1-32H. The molecule has 0 unspecified atom stereocenters. The molecular formula is C51H32N6. The van der Waals surface area contributed by atoms with E-state index in [1.165, 1.54) is 21.7 Å². The fourth-order valence-corrected chi connectivity index (χ4v) is 8.85. The van der Waals surface area contributed by atoms with Crippen molar-refractivity contribution in [2.45, 2.75) is 0 Å². The van der Waals surface area contributed by atoms with Crippen LogP contribution in [0.15, 0.2) is 194 Å². The zero-order chi connectivity index (χ0) is 37.5. The molecule has 8 aromatic carbocycles. The second kappa shape index (κ2) is 12.3. The van der Waals surface area contributed by atoms with Gasteiger partial charge in [0.15, 0.2) is 11.6 Å². The zero-order valence-electron chi connectivity index (χ0n) is 30.7. The first-order valence-electron chi connectivity index (χ1n) is 19.2. The molecule has 0 aliphatic heterocycles. The van der Waals surface area contributed by atoms with E-state index in [0.29, 0.717) is 17.6 Å². The van der Waals surface area contributed by atoms with Gasteiger partial charge in [-0.25, -0.2) is 4.98 Å². The van der Waals surface area contributed by atoms with E-state index < -0.39 is 0 Å². The van der Waals surface area contributed by atoms with Crippen molar-refractivity contribution in [1.82, 2.24) is 28.7 Å². The molecule has 57 heavy (non-hydrogen) atoms. The number of hydrogen-bond donors (Lipinski definition) is 0. The maximum atomic E-state index is 5.35. The summed E-state index contributed by atoms with van der Waals surface area (Å²) < 4.78 is 6.95. The third-order valence-electron chi connectivity index (χ3n) is 11.3. The quantitative estimate of drug-likeness (QED) is 0.177. The van der Waals surface area contributed by atoms with Crippen LogP contribution in [0.1, 0.15) is 0 Å². The topological polar surface area (TPSA) is 53.5 Å². The third-order valence-corrected chi connectivity index (χ3v) is 11.3. The normalized spacial score (nSPS) is 11.9. The van der Waals surface area contributed by atoms with Crippen LogP contribution < -0.4 is 0 Å². The van der Waals surface area contributed by atoms with Gasteiger partial charge in [-0.2, -0.15) is 9.97 Å². The molecule has 12 rings (SSSR count). The van der Waals surface area contributed by atoms with Crippen molar-refractivity contribution in [3.05, 3.63) is 194 Å². The molecule has 0 aliphatic carbocycles. The monoisotopic (exact) mass is 728 g/mol. The molecule has 266 valence electrons. The highest BCUT2D eigenvalue weighted by Crippen LogP contribution is 2.42. The van der Waals surface area contributed by atoms with Crippen LogP contribution in [0.3, 0.4) is 0 Å². The van der Waals surface area contributed by atoms with E-state index in [1.807, 2.05) is 18.2 Å². The Hall–Kier alpha value is -7.83. The van der Waals surface area contributed by atoms with Gasteiger partial charge in [0.25, 0.3) is 0 Å². The molecule has 0 saturated heterocycles. The van der Waals surface area contributed by atoms with Gasteiger partial charge < -0.3 is 9.13 Å². The molecule has 0 amide bonds. The molecule has 4 heterocycles. The lowest BCUT2D eigenvalue weighted by Crippen LogP contribution is -2.06. The van der Waals surface area contributed by atoms with E-state index in [2.05, 4.69) is 190 Å². The number of hydrogen-bond acceptors (Lipinski definition) is 3. The highest BCUT2D eigenvalue weighted by Gasteiger charge is 2.23. The van der Waals surface area contributed by atoms with Gasteiger partial charge in [0.05, 0.1) is 33.1 Å². The number of fused-ring (bicyclic) bond motifs is 10. The van der Waals surface area contributed by atoms with Crippen molar-refractivity contribution in [3.63, 3.8) is 0 Å². The van der Waals surface area contributed by atoms with Crippen LogP contribution in [-0.4, -0.2) is 28.7 Å². The van der Waals surface area contributed by atoms with Gasteiger partial charge in [0.1, 0.15) is 0 Å². The first kappa shape index (κ1) is 31.5. The SMILES string of the molecule is c1ccc(-c2nc(-c3ccc4c(c3)c3ccccc3n4-c3ccccc3)nc(-n3c4ccccc4c4c3ccc3c5ccccc5n(-c5ccccc5)c34)n2)cc1. The van der Waals surface area contributed by atoms with E-state index in [9.17, 15) is 0 Å². The average molecular weight is 729 g/mol. The molecule has 0 fully saturated rings. The van der Waals surface area contributed by atoms with Gasteiger partial charge in [0.2, 0.25) is 5.95 Å². The largest absolute Gasteiger partial charge is 0.309 e. The van der Waals surface area contributed by atoms with E-state index in [1.54, 1.807) is 0 Å². The van der Waals surface area contributed by atoms with E-state index in [0.717, 1.165) is 66.2 Å². The molecule has 6 nitrogen and oxygen atoms in total. The number of rotatable bonds is 5. The van der Waals surface area contributed by atoms with Crippen molar-refractivity contribution in [2.24, 2.45) is 0 Å². The van der Waals surface area contributed by atoms with Crippen LogP contribution in [0.5, 0.6) is 0 Å². The number of benzene rings is 8. The minimum absolute atomic E-state index is 0.568. The van der Waals surface area contributed by atoms with Gasteiger partial charge in [-0.05, 0) is 66.7 Å². The minimum Gasteiger partial charge on any atom is -0.309 e. The minimum atomic E-state index is 0.568. The average Bonchev–Trinajstić information content (AvgIpc) is 3.93. The predicted molar refractivity (Wildman–Crippen MR) is 234 cm³/mol. The molecule has 0 radical (unpaired) electrons. The van der Waals surface area contributed by atoms with Crippen LogP contribution in [0, 0.1) is 0 Å². The molecule has 6 heteroatoms. The molecule has 0 spiro atoms. The highest BCUT2D eigenvalue weighted by atomic mass is 15.2. The Balaban J connectivity index is 1.15. The smallest absolute Gasteiger partial charge is 0.238 e. The summed E-state index contributed by atoms with van der Waals surface area (Å²) in [6.45, 7) is 0. The maximum Gasteiger partial charge on any atom is 0.238 e. The van der Waals surface area contributed by atoms with Crippen LogP contribution >= 0.6 is 0 Å². The van der Waals surface area contributed by atoms with Crippen molar-refractivity contribution in [2.75, 3.05) is 0 Å². The van der Waals surface area contributed by atoms with Crippen LogP contribution in [0.2, 0.25) is 0 Å². The molecule has 0 aliphatic rings. The summed E-state index contributed by atoms with van der Waals surface area (Å²) in [5.74, 6) is 1.80. The number of nitrogens with zero attached hydrogens (tertiary/aromatic N) is 6. The number of aromatic nitrogens is 6. The van der Waals surface area contributed by atoms with Crippen molar-refractivity contribution in [3.8, 4) is 40.1 Å².